The Bertz CT molecular complexity index is 528. The molecule has 0 amide bonds. The molecule has 0 saturated heterocycles. The Kier molecular flexibility index (Phi) is 4.70. The second kappa shape index (κ2) is 5.56. The van der Waals surface area contributed by atoms with Crippen LogP contribution in [0, 0.1) is 0 Å². The minimum absolute atomic E-state index is 0.109. The van der Waals surface area contributed by atoms with Gasteiger partial charge in [-0.15, -0.1) is 12.6 Å². The van der Waals surface area contributed by atoms with Crippen molar-refractivity contribution in [2.24, 2.45) is 0 Å². The van der Waals surface area contributed by atoms with E-state index in [1.54, 1.807) is 0 Å². The maximum atomic E-state index is 11.2. The van der Waals surface area contributed by atoms with Gasteiger partial charge in [0.1, 0.15) is 16.9 Å². The molecule has 8 heteroatoms. The summed E-state index contributed by atoms with van der Waals surface area (Å²) in [4.78, 5) is 22.5. The zero-order valence-electron chi connectivity index (χ0n) is 10.3. The quantitative estimate of drug-likeness (QED) is 0.469. The molecule has 1 aliphatic heterocycles. The average Bonchev–Trinajstić information content (AvgIpc) is 2.29. The third-order valence-electron chi connectivity index (χ3n) is 3.03. The third kappa shape index (κ3) is 2.28. The summed E-state index contributed by atoms with van der Waals surface area (Å²) in [6.45, 7) is 3.62. The number of carboxylic acid groups (broad SMARTS) is 2. The maximum absolute atomic E-state index is 11.2. The van der Waals surface area contributed by atoms with Crippen molar-refractivity contribution in [3.8, 4) is 0 Å². The largest absolute Gasteiger partial charge is 0.506 e. The van der Waals surface area contributed by atoms with Crippen molar-refractivity contribution in [3.05, 3.63) is 21.1 Å². The van der Waals surface area contributed by atoms with Gasteiger partial charge in [-0.2, -0.15) is 10.0 Å². The first kappa shape index (κ1) is 16.1. The molecule has 0 atom stereocenters. The fourth-order valence-corrected chi connectivity index (χ4v) is 7.30. The van der Waals surface area contributed by atoms with Gasteiger partial charge in [0.25, 0.3) is 0 Å². The molecule has 0 aromatic heterocycles. The Balaban J connectivity index is 3.75. The number of rotatable bonds is 4. The van der Waals surface area contributed by atoms with E-state index in [1.165, 1.54) is 0 Å². The molecular weight excluding hydrogens is 308 g/mol. The standard InChI is InChI=1S/C11H14O5S3/c1-3-19(4-2)10(17)5(8(13)14)7(12)6(9(15)16)11(19)18/h12,17H,3-4H2,1-2H3,(H,13,14)(H,15,16). The van der Waals surface area contributed by atoms with E-state index in [0.717, 1.165) is 0 Å². The van der Waals surface area contributed by atoms with Crippen LogP contribution in [0.3, 0.4) is 0 Å². The molecule has 1 rings (SSSR count). The van der Waals surface area contributed by atoms with E-state index < -0.39 is 38.9 Å². The van der Waals surface area contributed by atoms with Gasteiger partial charge in [-0.25, -0.2) is 9.59 Å². The van der Waals surface area contributed by atoms with E-state index in [0.29, 0.717) is 11.5 Å². The zero-order chi connectivity index (χ0) is 15.0. The topological polar surface area (TPSA) is 94.8 Å². The molecule has 0 aromatic rings. The van der Waals surface area contributed by atoms with Crippen LogP contribution in [0.25, 0.3) is 0 Å². The van der Waals surface area contributed by atoms with Gasteiger partial charge in [0.05, 0.1) is 4.20 Å². The van der Waals surface area contributed by atoms with Crippen molar-refractivity contribution in [1.82, 2.24) is 0 Å². The highest BCUT2D eigenvalue weighted by Gasteiger charge is 2.43. The molecule has 3 N–H and O–H groups in total. The molecule has 106 valence electrons. The second-order valence-electron chi connectivity index (χ2n) is 3.76. The predicted molar refractivity (Wildman–Crippen MR) is 82.2 cm³/mol. The van der Waals surface area contributed by atoms with Crippen LogP contribution >= 0.6 is 34.9 Å². The number of thiol groups is 1. The molecule has 5 nitrogen and oxygen atoms in total. The van der Waals surface area contributed by atoms with Crippen molar-refractivity contribution < 1.29 is 24.9 Å². The summed E-state index contributed by atoms with van der Waals surface area (Å²) in [6.07, 6.45) is 0. The van der Waals surface area contributed by atoms with Gasteiger partial charge in [-0.3, -0.25) is 0 Å². The molecule has 1 heterocycles. The molecule has 1 aliphatic rings. The molecule has 0 aromatic carbocycles. The molecule has 0 radical (unpaired) electrons. The summed E-state index contributed by atoms with van der Waals surface area (Å²) in [5.74, 6) is -2.65. The highest BCUT2D eigenvalue weighted by atomic mass is 32.3. The Labute approximate surface area is 122 Å². The summed E-state index contributed by atoms with van der Waals surface area (Å²) in [5, 5.41) is 28.2. The number of aliphatic hydroxyl groups excluding tert-OH is 1. The van der Waals surface area contributed by atoms with E-state index in [2.05, 4.69) is 12.6 Å². The van der Waals surface area contributed by atoms with E-state index in [9.17, 15) is 14.7 Å². The Morgan fingerprint density at radius 3 is 1.89 bits per heavy atom. The minimum Gasteiger partial charge on any atom is -0.506 e. The fraction of sp³-hybridized carbons (Fsp3) is 0.364. The van der Waals surface area contributed by atoms with Crippen molar-refractivity contribution >= 4 is 51.0 Å². The van der Waals surface area contributed by atoms with Crippen LogP contribution in [-0.2, 0) is 9.59 Å². The molecule has 0 fully saturated rings. The highest BCUT2D eigenvalue weighted by molar-refractivity contribution is 8.56. The second-order valence-corrected chi connectivity index (χ2v) is 8.92. The minimum atomic E-state index is -1.96. The van der Waals surface area contributed by atoms with E-state index in [4.69, 9.17) is 22.4 Å². The van der Waals surface area contributed by atoms with Crippen molar-refractivity contribution in [2.75, 3.05) is 11.5 Å². The van der Waals surface area contributed by atoms with Crippen LogP contribution in [0.15, 0.2) is 21.1 Å². The van der Waals surface area contributed by atoms with Crippen molar-refractivity contribution in [1.29, 1.82) is 0 Å². The molecule has 0 saturated carbocycles. The number of carboxylic acids is 2. The lowest BCUT2D eigenvalue weighted by Gasteiger charge is -2.42. The number of hydrogen-bond acceptors (Lipinski definition) is 5. The lowest BCUT2D eigenvalue weighted by Crippen LogP contribution is -2.29. The number of hydrogen-bond donors (Lipinski definition) is 4. The van der Waals surface area contributed by atoms with E-state index in [-0.39, 0.29) is 8.43 Å². The Hall–Kier alpha value is -0.990. The predicted octanol–water partition coefficient (Wildman–Crippen LogP) is 2.29. The summed E-state index contributed by atoms with van der Waals surface area (Å²) in [6, 6.07) is 0. The molecule has 19 heavy (non-hydrogen) atoms. The SMILES string of the molecule is CCS1(CC)C(=S)C(C(=O)O)=C(O)C(C(=O)O)=C1S. The summed E-state index contributed by atoms with van der Waals surface area (Å²) in [5.41, 5.74) is -0.933. The lowest BCUT2D eigenvalue weighted by atomic mass is 10.1. The molecule has 0 bridgehead atoms. The van der Waals surface area contributed by atoms with Crippen LogP contribution in [0.1, 0.15) is 13.8 Å². The number of carbonyl (C=O) groups is 2. The molecular formula is C11H14O5S3. The first-order chi connectivity index (χ1) is 8.74. The van der Waals surface area contributed by atoms with Gasteiger partial charge in [-0.1, -0.05) is 26.1 Å². The van der Waals surface area contributed by atoms with E-state index in [1.807, 2.05) is 13.8 Å². The third-order valence-corrected chi connectivity index (χ3v) is 9.29. The van der Waals surface area contributed by atoms with E-state index >= 15 is 0 Å². The summed E-state index contributed by atoms with van der Waals surface area (Å²) in [7, 11) is -1.96. The summed E-state index contributed by atoms with van der Waals surface area (Å²) >= 11 is 9.42. The van der Waals surface area contributed by atoms with Crippen molar-refractivity contribution in [2.45, 2.75) is 13.8 Å². The first-order valence-corrected chi connectivity index (χ1v) is 8.23. The molecule has 0 spiro atoms. The van der Waals surface area contributed by atoms with Gasteiger partial charge in [0, 0.05) is 4.24 Å². The molecule has 0 unspecified atom stereocenters. The van der Waals surface area contributed by atoms with Gasteiger partial charge >= 0.3 is 11.9 Å². The molecule has 0 aliphatic carbocycles. The normalized spacial score (nSPS) is 20.5. The van der Waals surface area contributed by atoms with Crippen LogP contribution in [0.2, 0.25) is 0 Å². The smallest absolute Gasteiger partial charge is 0.341 e. The Morgan fingerprint density at radius 1 is 1.16 bits per heavy atom. The van der Waals surface area contributed by atoms with Crippen LogP contribution in [0.4, 0.5) is 0 Å². The summed E-state index contributed by atoms with van der Waals surface area (Å²) < 4.78 is 0.301. The first-order valence-electron chi connectivity index (χ1n) is 5.41. The number of thiocarbonyl (C=S) groups is 1. The van der Waals surface area contributed by atoms with Crippen molar-refractivity contribution in [3.63, 3.8) is 0 Å². The van der Waals surface area contributed by atoms with Gasteiger partial charge in [0.2, 0.25) is 0 Å². The number of aliphatic hydroxyl groups is 1. The van der Waals surface area contributed by atoms with Crippen LogP contribution in [-0.4, -0.2) is 43.0 Å². The number of aliphatic carboxylic acids is 2. The van der Waals surface area contributed by atoms with Gasteiger partial charge in [-0.05, 0) is 11.5 Å². The van der Waals surface area contributed by atoms with Gasteiger partial charge < -0.3 is 15.3 Å². The monoisotopic (exact) mass is 322 g/mol. The zero-order valence-corrected chi connectivity index (χ0v) is 12.9. The van der Waals surface area contributed by atoms with Crippen LogP contribution in [0.5, 0.6) is 0 Å². The highest BCUT2D eigenvalue weighted by Crippen LogP contribution is 2.63. The fourth-order valence-electron chi connectivity index (χ4n) is 1.92. The van der Waals surface area contributed by atoms with Crippen LogP contribution < -0.4 is 0 Å². The Morgan fingerprint density at radius 2 is 1.58 bits per heavy atom. The van der Waals surface area contributed by atoms with Gasteiger partial charge in [0.15, 0.2) is 0 Å². The maximum Gasteiger partial charge on any atom is 0.341 e. The average molecular weight is 322 g/mol. The lowest BCUT2D eigenvalue weighted by molar-refractivity contribution is -0.132.